The van der Waals surface area contributed by atoms with Crippen LogP contribution in [0.25, 0.3) is 0 Å². The highest BCUT2D eigenvalue weighted by atomic mass is 32.1. The van der Waals surface area contributed by atoms with Gasteiger partial charge in [0.1, 0.15) is 0 Å². The first-order chi connectivity index (χ1) is 7.71. The molecule has 0 aliphatic carbocycles. The lowest BCUT2D eigenvalue weighted by Crippen LogP contribution is -2.43. The summed E-state index contributed by atoms with van der Waals surface area (Å²) in [7, 11) is 0. The molecule has 2 nitrogen and oxygen atoms in total. The van der Waals surface area contributed by atoms with Gasteiger partial charge in [0.05, 0.1) is 0 Å². The monoisotopic (exact) mass is 236 g/mol. The molecule has 0 saturated carbocycles. The van der Waals surface area contributed by atoms with Crippen molar-refractivity contribution in [3.05, 3.63) is 50.6 Å². The standard InChI is InChI=1S/C13H20N2S/c1-5-9-14(10-6-2)13(16)15(11-7-3)12-8-4/h5-8H,1-4,9-12H2. The molecule has 0 spiro atoms. The molecule has 0 bridgehead atoms. The van der Waals surface area contributed by atoms with Gasteiger partial charge in [0.2, 0.25) is 0 Å². The van der Waals surface area contributed by atoms with Crippen molar-refractivity contribution >= 4 is 17.3 Å². The first-order valence-electron chi connectivity index (χ1n) is 5.18. The van der Waals surface area contributed by atoms with Gasteiger partial charge in [-0.25, -0.2) is 0 Å². The summed E-state index contributed by atoms with van der Waals surface area (Å²) in [5, 5.41) is 0.777. The predicted octanol–water partition coefficient (Wildman–Crippen LogP) is 2.62. The van der Waals surface area contributed by atoms with E-state index in [1.54, 1.807) is 0 Å². The highest BCUT2D eigenvalue weighted by Gasteiger charge is 2.12. The minimum absolute atomic E-state index is 0.718. The molecule has 0 amide bonds. The number of rotatable bonds is 8. The van der Waals surface area contributed by atoms with Gasteiger partial charge in [-0.2, -0.15) is 0 Å². The molecule has 0 aliphatic heterocycles. The second-order valence-corrected chi connectivity index (χ2v) is 3.61. The van der Waals surface area contributed by atoms with Crippen LogP contribution in [0.1, 0.15) is 0 Å². The number of nitrogens with zero attached hydrogens (tertiary/aromatic N) is 2. The number of hydrogen-bond donors (Lipinski definition) is 0. The van der Waals surface area contributed by atoms with Crippen LogP contribution in [0.5, 0.6) is 0 Å². The van der Waals surface area contributed by atoms with E-state index in [1.165, 1.54) is 0 Å². The molecule has 0 aromatic carbocycles. The second-order valence-electron chi connectivity index (χ2n) is 3.25. The zero-order chi connectivity index (χ0) is 12.4. The molecule has 0 aliphatic rings. The Bertz CT molecular complexity index is 225. The summed E-state index contributed by atoms with van der Waals surface area (Å²) in [5.41, 5.74) is 0. The van der Waals surface area contributed by atoms with Gasteiger partial charge in [-0.1, -0.05) is 24.3 Å². The first kappa shape index (κ1) is 14.6. The van der Waals surface area contributed by atoms with Crippen LogP contribution in [0.2, 0.25) is 0 Å². The first-order valence-corrected chi connectivity index (χ1v) is 5.59. The average Bonchev–Trinajstić information content (AvgIpc) is 2.27. The average molecular weight is 236 g/mol. The summed E-state index contributed by atoms with van der Waals surface area (Å²) in [6.45, 7) is 17.8. The van der Waals surface area contributed by atoms with Crippen LogP contribution < -0.4 is 0 Å². The molecule has 0 aromatic rings. The second kappa shape index (κ2) is 8.92. The molecule has 0 aromatic heterocycles. The van der Waals surface area contributed by atoms with E-state index < -0.39 is 0 Å². The normalized spacial score (nSPS) is 9.00. The molecule has 0 radical (unpaired) electrons. The van der Waals surface area contributed by atoms with E-state index in [0.717, 1.165) is 31.3 Å². The number of hydrogen-bond acceptors (Lipinski definition) is 1. The summed E-state index contributed by atoms with van der Waals surface area (Å²) in [4.78, 5) is 4.06. The molecule has 0 heterocycles. The molecule has 0 atom stereocenters. The van der Waals surface area contributed by atoms with E-state index >= 15 is 0 Å². The predicted molar refractivity (Wildman–Crippen MR) is 76.5 cm³/mol. The van der Waals surface area contributed by atoms with Gasteiger partial charge in [0.25, 0.3) is 0 Å². The summed E-state index contributed by atoms with van der Waals surface area (Å²) in [6, 6.07) is 0. The van der Waals surface area contributed by atoms with Crippen molar-refractivity contribution in [3.8, 4) is 0 Å². The summed E-state index contributed by atoms with van der Waals surface area (Å²) < 4.78 is 0. The van der Waals surface area contributed by atoms with E-state index in [4.69, 9.17) is 12.2 Å². The van der Waals surface area contributed by atoms with Crippen LogP contribution in [0.15, 0.2) is 50.6 Å². The fourth-order valence-corrected chi connectivity index (χ4v) is 1.58. The Balaban J connectivity index is 4.61. The van der Waals surface area contributed by atoms with Crippen molar-refractivity contribution in [2.24, 2.45) is 0 Å². The Labute approximate surface area is 104 Å². The molecule has 88 valence electrons. The van der Waals surface area contributed by atoms with E-state index in [0.29, 0.717) is 0 Å². The van der Waals surface area contributed by atoms with Gasteiger partial charge in [0, 0.05) is 26.2 Å². The molecule has 0 unspecified atom stereocenters. The van der Waals surface area contributed by atoms with Gasteiger partial charge in [-0.15, -0.1) is 26.3 Å². The van der Waals surface area contributed by atoms with Gasteiger partial charge in [-0.05, 0) is 12.2 Å². The SMILES string of the molecule is C=CCN(CC=C)C(=S)N(CC=C)CC=C. The maximum atomic E-state index is 5.42. The minimum atomic E-state index is 0.718. The van der Waals surface area contributed by atoms with Crippen LogP contribution >= 0.6 is 12.2 Å². The van der Waals surface area contributed by atoms with Gasteiger partial charge in [0.15, 0.2) is 5.11 Å². The Kier molecular flexibility index (Phi) is 8.17. The molecule has 0 fully saturated rings. The van der Waals surface area contributed by atoms with Crippen LogP contribution in [-0.2, 0) is 0 Å². The maximum absolute atomic E-state index is 5.42. The molecular weight excluding hydrogens is 216 g/mol. The molecule has 0 rings (SSSR count). The summed E-state index contributed by atoms with van der Waals surface area (Å²) in [6.07, 6.45) is 7.32. The van der Waals surface area contributed by atoms with Crippen molar-refractivity contribution in [1.82, 2.24) is 9.80 Å². The van der Waals surface area contributed by atoms with Crippen LogP contribution in [-0.4, -0.2) is 41.1 Å². The largest absolute Gasteiger partial charge is 0.342 e. The van der Waals surface area contributed by atoms with E-state index in [1.807, 2.05) is 34.1 Å². The third-order valence-corrected chi connectivity index (χ3v) is 2.46. The molecule has 0 N–H and O–H groups in total. The van der Waals surface area contributed by atoms with E-state index in [2.05, 4.69) is 26.3 Å². The van der Waals surface area contributed by atoms with Gasteiger partial charge < -0.3 is 9.80 Å². The maximum Gasteiger partial charge on any atom is 0.172 e. The van der Waals surface area contributed by atoms with Gasteiger partial charge >= 0.3 is 0 Å². The van der Waals surface area contributed by atoms with Crippen LogP contribution in [0.3, 0.4) is 0 Å². The fraction of sp³-hybridized carbons (Fsp3) is 0.308. The number of thiocarbonyl (C=S) groups is 1. The Morgan fingerprint density at radius 2 is 1.00 bits per heavy atom. The molecule has 16 heavy (non-hydrogen) atoms. The smallest absolute Gasteiger partial charge is 0.172 e. The lowest BCUT2D eigenvalue weighted by molar-refractivity contribution is 0.404. The third kappa shape index (κ3) is 4.94. The lowest BCUT2D eigenvalue weighted by atomic mass is 10.4. The fourth-order valence-electron chi connectivity index (χ4n) is 1.28. The quantitative estimate of drug-likeness (QED) is 0.472. The van der Waals surface area contributed by atoms with Crippen LogP contribution in [0, 0.1) is 0 Å². The molecule has 0 saturated heterocycles. The van der Waals surface area contributed by atoms with Crippen molar-refractivity contribution in [1.29, 1.82) is 0 Å². The lowest BCUT2D eigenvalue weighted by Gasteiger charge is -2.31. The zero-order valence-electron chi connectivity index (χ0n) is 9.77. The van der Waals surface area contributed by atoms with Crippen molar-refractivity contribution < 1.29 is 0 Å². The highest BCUT2D eigenvalue weighted by Crippen LogP contribution is 2.01. The minimum Gasteiger partial charge on any atom is -0.342 e. The van der Waals surface area contributed by atoms with E-state index in [9.17, 15) is 0 Å². The highest BCUT2D eigenvalue weighted by molar-refractivity contribution is 7.80. The van der Waals surface area contributed by atoms with Crippen LogP contribution in [0.4, 0.5) is 0 Å². The molecular formula is C13H20N2S. The van der Waals surface area contributed by atoms with Crippen molar-refractivity contribution in [2.45, 2.75) is 0 Å². The van der Waals surface area contributed by atoms with Gasteiger partial charge in [-0.3, -0.25) is 0 Å². The van der Waals surface area contributed by atoms with Crippen molar-refractivity contribution in [3.63, 3.8) is 0 Å². The Morgan fingerprint density at radius 3 is 1.19 bits per heavy atom. The van der Waals surface area contributed by atoms with E-state index in [-0.39, 0.29) is 0 Å². The summed E-state index contributed by atoms with van der Waals surface area (Å²) in [5.74, 6) is 0. The Morgan fingerprint density at radius 1 is 0.750 bits per heavy atom. The molecule has 3 heteroatoms. The van der Waals surface area contributed by atoms with Crippen molar-refractivity contribution in [2.75, 3.05) is 26.2 Å². The third-order valence-electron chi connectivity index (χ3n) is 1.94. The zero-order valence-corrected chi connectivity index (χ0v) is 10.6. The Hall–Kier alpha value is -1.35. The summed E-state index contributed by atoms with van der Waals surface area (Å²) >= 11 is 5.42. The topological polar surface area (TPSA) is 6.48 Å².